The Morgan fingerprint density at radius 1 is 1.39 bits per heavy atom. The second-order valence-electron chi connectivity index (χ2n) is 7.11. The van der Waals surface area contributed by atoms with Gasteiger partial charge in [-0.3, -0.25) is 9.59 Å². The van der Waals surface area contributed by atoms with Gasteiger partial charge in [0.15, 0.2) is 16.5 Å². The summed E-state index contributed by atoms with van der Waals surface area (Å²) in [6.07, 6.45) is 2.83. The molecule has 1 unspecified atom stereocenters. The van der Waals surface area contributed by atoms with Crippen LogP contribution in [-0.4, -0.2) is 50.9 Å². The van der Waals surface area contributed by atoms with Crippen LogP contribution in [0.1, 0.15) is 33.9 Å². The van der Waals surface area contributed by atoms with Crippen molar-refractivity contribution in [3.8, 4) is 16.3 Å². The highest BCUT2D eigenvalue weighted by Gasteiger charge is 2.31. The Hall–Kier alpha value is -3.18. The van der Waals surface area contributed by atoms with Crippen molar-refractivity contribution in [2.24, 2.45) is 0 Å². The van der Waals surface area contributed by atoms with Gasteiger partial charge in [0.25, 0.3) is 5.91 Å². The molecule has 1 saturated heterocycles. The molecular weight excluding hydrogens is 428 g/mol. The van der Waals surface area contributed by atoms with Crippen molar-refractivity contribution >= 4 is 17.2 Å². The molecule has 1 aliphatic heterocycles. The summed E-state index contributed by atoms with van der Waals surface area (Å²) in [5.74, 6) is -2.53. The molecule has 8 nitrogen and oxygen atoms in total. The molecule has 2 aromatic heterocycles. The summed E-state index contributed by atoms with van der Waals surface area (Å²) in [5, 5.41) is 21.9. The van der Waals surface area contributed by atoms with Gasteiger partial charge in [0, 0.05) is 25.2 Å². The second-order valence-corrected chi connectivity index (χ2v) is 8.18. The number of hydrogen-bond acceptors (Lipinski definition) is 7. The summed E-state index contributed by atoms with van der Waals surface area (Å²) < 4.78 is 26.9. The van der Waals surface area contributed by atoms with Crippen molar-refractivity contribution in [2.45, 2.75) is 25.4 Å². The van der Waals surface area contributed by atoms with E-state index >= 15 is 0 Å². The monoisotopic (exact) mass is 447 g/mol. The Labute approximate surface area is 179 Å². The molecule has 162 valence electrons. The Morgan fingerprint density at radius 3 is 2.94 bits per heavy atom. The van der Waals surface area contributed by atoms with Crippen LogP contribution in [0.2, 0.25) is 0 Å². The fourth-order valence-electron chi connectivity index (χ4n) is 3.56. The van der Waals surface area contributed by atoms with Crippen LogP contribution in [0.4, 0.5) is 8.78 Å². The molecule has 1 aliphatic rings. The third-order valence-corrected chi connectivity index (χ3v) is 6.13. The zero-order valence-electron chi connectivity index (χ0n) is 16.5. The van der Waals surface area contributed by atoms with E-state index in [1.807, 2.05) is 0 Å². The van der Waals surface area contributed by atoms with Crippen LogP contribution >= 0.6 is 11.3 Å². The fraction of sp³-hybridized carbons (Fsp3) is 0.300. The van der Waals surface area contributed by atoms with Crippen molar-refractivity contribution < 1.29 is 18.7 Å². The number of carbonyl (C=O) groups is 1. The van der Waals surface area contributed by atoms with Crippen molar-refractivity contribution in [3.63, 3.8) is 0 Å². The maximum atomic E-state index is 13.9. The molecule has 0 radical (unpaired) electrons. The van der Waals surface area contributed by atoms with Crippen LogP contribution in [0.3, 0.4) is 0 Å². The molecule has 0 bridgehead atoms. The van der Waals surface area contributed by atoms with Gasteiger partial charge in [-0.2, -0.15) is 0 Å². The lowest BCUT2D eigenvalue weighted by atomic mass is 10.1. The highest BCUT2D eigenvalue weighted by atomic mass is 32.1. The van der Waals surface area contributed by atoms with Gasteiger partial charge in [0.05, 0.1) is 11.7 Å². The molecular formula is C20H19F2N5O3S. The number of carbonyl (C=O) groups excluding carboxylic acids is 1. The fourth-order valence-corrected chi connectivity index (χ4v) is 4.43. The molecule has 0 aliphatic carbocycles. The Bertz CT molecular complexity index is 1200. The molecule has 1 amide bonds. The zero-order valence-corrected chi connectivity index (χ0v) is 17.3. The van der Waals surface area contributed by atoms with Crippen LogP contribution < -0.4 is 10.7 Å². The first-order valence-corrected chi connectivity index (χ1v) is 10.4. The van der Waals surface area contributed by atoms with E-state index in [9.17, 15) is 23.5 Å². The van der Waals surface area contributed by atoms with Gasteiger partial charge >= 0.3 is 0 Å². The summed E-state index contributed by atoms with van der Waals surface area (Å²) in [4.78, 5) is 29.7. The summed E-state index contributed by atoms with van der Waals surface area (Å²) in [5.41, 5.74) is -0.651. The van der Waals surface area contributed by atoms with E-state index in [1.54, 1.807) is 11.9 Å². The quantitative estimate of drug-likeness (QED) is 0.553. The van der Waals surface area contributed by atoms with Crippen molar-refractivity contribution in [3.05, 3.63) is 62.5 Å². The van der Waals surface area contributed by atoms with Gasteiger partial charge < -0.3 is 20.3 Å². The standard InChI is InChI=1S/C20H19F2N5O3S/c1-23-14-3-2-6-27(14)20(30)16-18(29)17(28)12(9-24-16)19-26-25-15(31-19)7-10-4-5-11(21)8-13(10)22/h4-5,8-9,14,23,29H,2-3,6-7H2,1H3,(H,24,28). The third-order valence-electron chi connectivity index (χ3n) is 5.17. The van der Waals surface area contributed by atoms with Crippen LogP contribution in [-0.2, 0) is 6.42 Å². The maximum absolute atomic E-state index is 13.9. The first kappa shape index (κ1) is 21.1. The molecule has 3 N–H and O–H groups in total. The van der Waals surface area contributed by atoms with Crippen LogP contribution in [0.25, 0.3) is 10.6 Å². The highest BCUT2D eigenvalue weighted by Crippen LogP contribution is 2.26. The van der Waals surface area contributed by atoms with Gasteiger partial charge in [0.1, 0.15) is 16.6 Å². The van der Waals surface area contributed by atoms with E-state index < -0.39 is 28.7 Å². The van der Waals surface area contributed by atoms with Gasteiger partial charge in [-0.25, -0.2) is 8.78 Å². The molecule has 3 heterocycles. The van der Waals surface area contributed by atoms with Gasteiger partial charge in [0.2, 0.25) is 5.43 Å². The van der Waals surface area contributed by atoms with E-state index in [0.29, 0.717) is 11.6 Å². The minimum absolute atomic E-state index is 0.0453. The lowest BCUT2D eigenvalue weighted by Crippen LogP contribution is -2.43. The van der Waals surface area contributed by atoms with E-state index in [1.165, 1.54) is 12.3 Å². The SMILES string of the molecule is CNC1CCCN1C(=O)c1[nH]cc(-c2nnc(Cc3ccc(F)cc3F)s2)c(=O)c1O. The van der Waals surface area contributed by atoms with Crippen molar-refractivity contribution in [2.75, 3.05) is 13.6 Å². The third kappa shape index (κ3) is 4.06. The molecule has 0 saturated carbocycles. The lowest BCUT2D eigenvalue weighted by molar-refractivity contribution is 0.0708. The summed E-state index contributed by atoms with van der Waals surface area (Å²) in [6.45, 7) is 0.521. The van der Waals surface area contributed by atoms with E-state index in [4.69, 9.17) is 0 Å². The molecule has 1 atom stereocenters. The molecule has 0 spiro atoms. The summed E-state index contributed by atoms with van der Waals surface area (Å²) in [7, 11) is 1.74. The lowest BCUT2D eigenvalue weighted by Gasteiger charge is -2.24. The number of pyridine rings is 1. The maximum Gasteiger partial charge on any atom is 0.275 e. The van der Waals surface area contributed by atoms with Crippen molar-refractivity contribution in [1.82, 2.24) is 25.4 Å². The molecule has 4 rings (SSSR count). The topological polar surface area (TPSA) is 111 Å². The molecule has 1 fully saturated rings. The van der Waals surface area contributed by atoms with Gasteiger partial charge in [-0.15, -0.1) is 10.2 Å². The number of nitrogens with zero attached hydrogens (tertiary/aromatic N) is 3. The largest absolute Gasteiger partial charge is 0.503 e. The number of aromatic amines is 1. The second kappa shape index (κ2) is 8.52. The number of benzene rings is 1. The van der Waals surface area contributed by atoms with Crippen LogP contribution in [0.5, 0.6) is 5.75 Å². The normalized spacial score (nSPS) is 16.1. The Kier molecular flexibility index (Phi) is 5.79. The van der Waals surface area contributed by atoms with Crippen molar-refractivity contribution in [1.29, 1.82) is 0 Å². The van der Waals surface area contributed by atoms with Gasteiger partial charge in [-0.1, -0.05) is 17.4 Å². The van der Waals surface area contributed by atoms with E-state index in [-0.39, 0.29) is 34.4 Å². The number of amides is 1. The predicted molar refractivity (Wildman–Crippen MR) is 110 cm³/mol. The van der Waals surface area contributed by atoms with E-state index in [2.05, 4.69) is 20.5 Å². The average molecular weight is 447 g/mol. The molecule has 31 heavy (non-hydrogen) atoms. The van der Waals surface area contributed by atoms with Crippen LogP contribution in [0.15, 0.2) is 29.2 Å². The first-order chi connectivity index (χ1) is 14.9. The summed E-state index contributed by atoms with van der Waals surface area (Å²) >= 11 is 1.04. The molecule has 1 aromatic carbocycles. The Balaban J connectivity index is 1.59. The number of halogens is 2. The minimum Gasteiger partial charge on any atom is -0.503 e. The van der Waals surface area contributed by atoms with Crippen LogP contribution in [0, 0.1) is 11.6 Å². The Morgan fingerprint density at radius 2 is 2.19 bits per heavy atom. The number of likely N-dealkylation sites (tertiary alicyclic amines) is 1. The molecule has 3 aromatic rings. The number of aromatic nitrogens is 3. The number of rotatable bonds is 5. The number of aromatic hydroxyl groups is 1. The summed E-state index contributed by atoms with van der Waals surface area (Å²) in [6, 6.07) is 3.26. The zero-order chi connectivity index (χ0) is 22.1. The molecule has 11 heteroatoms. The number of nitrogens with one attached hydrogen (secondary N) is 2. The number of H-pyrrole nitrogens is 1. The first-order valence-electron chi connectivity index (χ1n) is 9.58. The highest BCUT2D eigenvalue weighted by molar-refractivity contribution is 7.14. The van der Waals surface area contributed by atoms with Gasteiger partial charge in [-0.05, 0) is 31.5 Å². The minimum atomic E-state index is -0.752. The van der Waals surface area contributed by atoms with E-state index in [0.717, 1.165) is 36.3 Å². The average Bonchev–Trinajstić information content (AvgIpc) is 3.41. The number of hydrogen-bond donors (Lipinski definition) is 3. The predicted octanol–water partition coefficient (Wildman–Crippen LogP) is 2.25. The smallest absolute Gasteiger partial charge is 0.275 e.